The number of hydrogen-bond acceptors (Lipinski definition) is 3. The minimum Gasteiger partial charge on any atom is -0.494 e. The van der Waals surface area contributed by atoms with Crippen molar-refractivity contribution in [2.24, 2.45) is 0 Å². The van der Waals surface area contributed by atoms with Crippen LogP contribution in [0.5, 0.6) is 5.75 Å². The average Bonchev–Trinajstić information content (AvgIpc) is 2.32. The molecule has 4 nitrogen and oxygen atoms in total. The number of rotatable bonds is 5. The first-order valence-electron chi connectivity index (χ1n) is 5.34. The minimum atomic E-state index is -3.62. The molecule has 7 heteroatoms. The van der Waals surface area contributed by atoms with Crippen molar-refractivity contribution in [2.75, 3.05) is 20.7 Å². The van der Waals surface area contributed by atoms with E-state index in [0.717, 1.165) is 6.42 Å². The highest BCUT2D eigenvalue weighted by atomic mass is 35.5. The van der Waals surface area contributed by atoms with E-state index < -0.39 is 10.0 Å². The van der Waals surface area contributed by atoms with Gasteiger partial charge in [-0.2, -0.15) is 0 Å². The third-order valence-corrected chi connectivity index (χ3v) is 5.11. The van der Waals surface area contributed by atoms with E-state index in [-0.39, 0.29) is 20.7 Å². The largest absolute Gasteiger partial charge is 0.494 e. The van der Waals surface area contributed by atoms with Crippen LogP contribution >= 0.6 is 23.2 Å². The number of benzene rings is 1. The van der Waals surface area contributed by atoms with Crippen LogP contribution in [0.1, 0.15) is 13.3 Å². The van der Waals surface area contributed by atoms with Crippen LogP contribution in [0.4, 0.5) is 0 Å². The van der Waals surface area contributed by atoms with Crippen molar-refractivity contribution in [3.63, 3.8) is 0 Å². The third-order valence-electron chi connectivity index (χ3n) is 2.44. The summed E-state index contributed by atoms with van der Waals surface area (Å²) in [4.78, 5) is 0.0235. The Morgan fingerprint density at radius 3 is 2.44 bits per heavy atom. The second-order valence-electron chi connectivity index (χ2n) is 3.72. The molecule has 0 heterocycles. The van der Waals surface area contributed by atoms with Crippen LogP contribution in [-0.2, 0) is 10.0 Å². The second-order valence-corrected chi connectivity index (χ2v) is 6.52. The van der Waals surface area contributed by atoms with Gasteiger partial charge in [-0.3, -0.25) is 0 Å². The van der Waals surface area contributed by atoms with Crippen LogP contribution in [-0.4, -0.2) is 33.4 Å². The quantitative estimate of drug-likeness (QED) is 0.839. The highest BCUT2D eigenvalue weighted by Gasteiger charge is 2.26. The normalized spacial score (nSPS) is 11.9. The van der Waals surface area contributed by atoms with Gasteiger partial charge in [-0.05, 0) is 18.6 Å². The molecule has 0 N–H and O–H groups in total. The van der Waals surface area contributed by atoms with Crippen LogP contribution < -0.4 is 4.74 Å². The molecule has 0 aliphatic rings. The van der Waals surface area contributed by atoms with Gasteiger partial charge >= 0.3 is 0 Å². The molecule has 0 aliphatic carbocycles. The zero-order valence-corrected chi connectivity index (χ0v) is 12.7. The highest BCUT2D eigenvalue weighted by molar-refractivity contribution is 7.89. The first kappa shape index (κ1) is 15.6. The van der Waals surface area contributed by atoms with Crippen molar-refractivity contribution in [1.82, 2.24) is 4.31 Å². The summed E-state index contributed by atoms with van der Waals surface area (Å²) in [5, 5.41) is 0.357. The number of sulfonamides is 1. The maximum atomic E-state index is 12.3. The van der Waals surface area contributed by atoms with E-state index in [1.807, 2.05) is 6.92 Å². The van der Waals surface area contributed by atoms with E-state index in [1.165, 1.54) is 30.6 Å². The lowest BCUT2D eigenvalue weighted by Crippen LogP contribution is -2.28. The van der Waals surface area contributed by atoms with Gasteiger partial charge in [-0.1, -0.05) is 30.1 Å². The van der Waals surface area contributed by atoms with Gasteiger partial charge < -0.3 is 4.74 Å². The predicted molar refractivity (Wildman–Crippen MR) is 73.1 cm³/mol. The van der Waals surface area contributed by atoms with Gasteiger partial charge in [0.2, 0.25) is 10.0 Å². The molecule has 0 bridgehead atoms. The Kier molecular flexibility index (Phi) is 5.28. The van der Waals surface area contributed by atoms with E-state index in [1.54, 1.807) is 0 Å². The standard InChI is InChI=1S/C11H15Cl2NO3S/c1-4-7-14(2)18(15,16)9-6-5-8(12)10(13)11(9)17-3/h5-6H,4,7H2,1-3H3. The molecule has 0 unspecified atom stereocenters. The number of hydrogen-bond donors (Lipinski definition) is 0. The molecule has 0 saturated carbocycles. The first-order valence-corrected chi connectivity index (χ1v) is 7.54. The van der Waals surface area contributed by atoms with Gasteiger partial charge in [0.15, 0.2) is 5.75 Å². The Bertz CT molecular complexity index is 531. The Balaban J connectivity index is 3.38. The molecule has 0 spiro atoms. The van der Waals surface area contributed by atoms with Crippen molar-refractivity contribution in [3.8, 4) is 5.75 Å². The number of methoxy groups -OCH3 is 1. The molecular formula is C11H15Cl2NO3S. The molecule has 102 valence electrons. The molecule has 0 saturated heterocycles. The fourth-order valence-corrected chi connectivity index (χ4v) is 3.38. The van der Waals surface area contributed by atoms with Crippen molar-refractivity contribution in [1.29, 1.82) is 0 Å². The summed E-state index contributed by atoms with van der Waals surface area (Å²) in [6.45, 7) is 2.32. The zero-order chi connectivity index (χ0) is 13.9. The van der Waals surface area contributed by atoms with Crippen LogP contribution in [0.2, 0.25) is 10.0 Å². The van der Waals surface area contributed by atoms with Crippen molar-refractivity contribution >= 4 is 33.2 Å². The van der Waals surface area contributed by atoms with Crippen LogP contribution in [0, 0.1) is 0 Å². The molecule has 0 aromatic heterocycles. The summed E-state index contributed by atoms with van der Waals surface area (Å²) in [5.74, 6) is 0.0760. The lowest BCUT2D eigenvalue weighted by Gasteiger charge is -2.18. The van der Waals surface area contributed by atoms with Gasteiger partial charge in [-0.15, -0.1) is 0 Å². The fraction of sp³-hybridized carbons (Fsp3) is 0.455. The molecule has 0 amide bonds. The molecule has 0 fully saturated rings. The number of nitrogens with zero attached hydrogens (tertiary/aromatic N) is 1. The topological polar surface area (TPSA) is 46.6 Å². The highest BCUT2D eigenvalue weighted by Crippen LogP contribution is 2.38. The molecule has 1 aromatic rings. The molecule has 1 aromatic carbocycles. The molecule has 0 radical (unpaired) electrons. The predicted octanol–water partition coefficient (Wildman–Crippen LogP) is 3.03. The Morgan fingerprint density at radius 2 is 1.94 bits per heavy atom. The summed E-state index contributed by atoms with van der Waals surface area (Å²) in [6, 6.07) is 2.84. The Morgan fingerprint density at radius 1 is 1.33 bits per heavy atom. The number of halogens is 2. The van der Waals surface area contributed by atoms with Gasteiger partial charge in [0.05, 0.1) is 12.1 Å². The molecular weight excluding hydrogens is 297 g/mol. The maximum absolute atomic E-state index is 12.3. The number of ether oxygens (including phenoxy) is 1. The summed E-state index contributed by atoms with van der Waals surface area (Å²) in [7, 11) is -0.746. The van der Waals surface area contributed by atoms with Crippen molar-refractivity contribution in [2.45, 2.75) is 18.2 Å². The molecule has 0 aliphatic heterocycles. The lowest BCUT2D eigenvalue weighted by molar-refractivity contribution is 0.398. The summed E-state index contributed by atoms with van der Waals surface area (Å²) in [6.07, 6.45) is 0.722. The molecule has 0 atom stereocenters. The average molecular weight is 312 g/mol. The summed E-state index contributed by atoms with van der Waals surface area (Å²) < 4.78 is 30.9. The monoisotopic (exact) mass is 311 g/mol. The molecule has 18 heavy (non-hydrogen) atoms. The van der Waals surface area contributed by atoms with Crippen molar-refractivity contribution < 1.29 is 13.2 Å². The second kappa shape index (κ2) is 6.10. The van der Waals surface area contributed by atoms with Gasteiger partial charge in [-0.25, -0.2) is 12.7 Å². The van der Waals surface area contributed by atoms with Crippen molar-refractivity contribution in [3.05, 3.63) is 22.2 Å². The zero-order valence-electron chi connectivity index (χ0n) is 10.4. The van der Waals surface area contributed by atoms with E-state index in [9.17, 15) is 8.42 Å². The van der Waals surface area contributed by atoms with Crippen LogP contribution in [0.25, 0.3) is 0 Å². The van der Waals surface area contributed by atoms with E-state index in [2.05, 4.69) is 0 Å². The van der Waals surface area contributed by atoms with Gasteiger partial charge in [0, 0.05) is 13.6 Å². The first-order chi connectivity index (χ1) is 8.36. The van der Waals surface area contributed by atoms with Gasteiger partial charge in [0.25, 0.3) is 0 Å². The van der Waals surface area contributed by atoms with E-state index in [4.69, 9.17) is 27.9 Å². The SMILES string of the molecule is CCCN(C)S(=O)(=O)c1ccc(Cl)c(Cl)c1OC. The van der Waals surface area contributed by atoms with E-state index >= 15 is 0 Å². The van der Waals surface area contributed by atoms with Crippen LogP contribution in [0.3, 0.4) is 0 Å². The third kappa shape index (κ3) is 2.91. The van der Waals surface area contributed by atoms with Crippen LogP contribution in [0.15, 0.2) is 17.0 Å². The minimum absolute atomic E-state index is 0.0235. The summed E-state index contributed by atoms with van der Waals surface area (Å²) >= 11 is 11.8. The lowest BCUT2D eigenvalue weighted by atomic mass is 10.3. The van der Waals surface area contributed by atoms with E-state index in [0.29, 0.717) is 6.54 Å². The maximum Gasteiger partial charge on any atom is 0.246 e. The molecule has 1 rings (SSSR count). The smallest absolute Gasteiger partial charge is 0.246 e. The fourth-order valence-electron chi connectivity index (χ4n) is 1.51. The Hall–Kier alpha value is -0.490. The van der Waals surface area contributed by atoms with Gasteiger partial charge in [0.1, 0.15) is 9.92 Å². The Labute approximate surface area is 117 Å². The summed E-state index contributed by atoms with van der Waals surface area (Å²) in [5.41, 5.74) is 0.